The Labute approximate surface area is 254 Å². The number of benzene rings is 1. The third-order valence-electron chi connectivity index (χ3n) is 7.30. The lowest BCUT2D eigenvalue weighted by molar-refractivity contribution is -0.144. The molecule has 0 aliphatic carbocycles. The topological polar surface area (TPSA) is 165 Å². The lowest BCUT2D eigenvalue weighted by Gasteiger charge is -2.36. The first kappa shape index (κ1) is 32.2. The van der Waals surface area contributed by atoms with Gasteiger partial charge in [-0.2, -0.15) is 0 Å². The van der Waals surface area contributed by atoms with Crippen molar-refractivity contribution >= 4 is 46.6 Å². The van der Waals surface area contributed by atoms with Gasteiger partial charge in [0, 0.05) is 57.0 Å². The van der Waals surface area contributed by atoms with Crippen LogP contribution in [-0.2, 0) is 28.7 Å². The molecule has 236 valence electrons. The van der Waals surface area contributed by atoms with E-state index in [0.717, 1.165) is 4.90 Å². The Morgan fingerprint density at radius 1 is 0.955 bits per heavy atom. The number of piperazine rings is 1. The van der Waals surface area contributed by atoms with Gasteiger partial charge in [-0.1, -0.05) is 12.1 Å². The molecular weight excluding hydrogens is 574 g/mol. The van der Waals surface area contributed by atoms with Gasteiger partial charge in [0.25, 0.3) is 11.8 Å². The summed E-state index contributed by atoms with van der Waals surface area (Å²) in [6, 6.07) is 7.19. The monoisotopic (exact) mass is 611 g/mol. The van der Waals surface area contributed by atoms with Gasteiger partial charge in [0.2, 0.25) is 11.8 Å². The maximum Gasteiger partial charge on any atom is 0.409 e. The van der Waals surface area contributed by atoms with Gasteiger partial charge < -0.3 is 29.3 Å². The Bertz CT molecular complexity index is 1410. The number of carbonyl (C=O) groups excluding carboxylic acids is 6. The van der Waals surface area contributed by atoms with Crippen LogP contribution in [0.5, 0.6) is 5.75 Å². The number of aromatic nitrogens is 1. The molecule has 44 heavy (non-hydrogen) atoms. The number of carbonyl (C=O) groups is 6. The van der Waals surface area contributed by atoms with Crippen molar-refractivity contribution in [1.82, 2.24) is 25.0 Å². The molecule has 4 rings (SSSR count). The Morgan fingerprint density at radius 3 is 2.34 bits per heavy atom. The first-order valence-corrected chi connectivity index (χ1v) is 14.7. The molecule has 14 heteroatoms. The van der Waals surface area contributed by atoms with Crippen molar-refractivity contribution in [3.8, 4) is 5.75 Å². The van der Waals surface area contributed by atoms with E-state index in [-0.39, 0.29) is 69.6 Å². The second kappa shape index (κ2) is 15.1. The van der Waals surface area contributed by atoms with Crippen LogP contribution >= 0.6 is 0 Å². The number of nitrogens with zero attached hydrogens (tertiary/aromatic N) is 4. The summed E-state index contributed by atoms with van der Waals surface area (Å²) in [7, 11) is 0. The summed E-state index contributed by atoms with van der Waals surface area (Å²) >= 11 is 0. The van der Waals surface area contributed by atoms with Gasteiger partial charge in [-0.05, 0) is 38.8 Å². The number of likely N-dealkylation sites (tertiary alicyclic amines) is 1. The van der Waals surface area contributed by atoms with Gasteiger partial charge in [-0.15, -0.1) is 0 Å². The van der Waals surface area contributed by atoms with Crippen LogP contribution in [0.4, 0.5) is 4.79 Å². The second-order valence-corrected chi connectivity index (χ2v) is 10.2. The van der Waals surface area contributed by atoms with Crippen LogP contribution in [0.1, 0.15) is 50.0 Å². The summed E-state index contributed by atoms with van der Waals surface area (Å²) in [6.07, 6.45) is 0.331. The standard InChI is InChI=1S/C30H37N5O9/c1-3-42-27(38)12-11-22(29(40)33-14-16-34(17-15-33)30(41)43-4-2)32-28(39)23-18-24(20-8-5-6-9-21(20)31-23)44-19-26(37)35-13-7-10-25(35)36/h5-6,8-9,18,22H,3-4,7,10-17,19H2,1-2H3,(H,32,39). The molecule has 0 radical (unpaired) electrons. The third kappa shape index (κ3) is 7.99. The highest BCUT2D eigenvalue weighted by molar-refractivity contribution is 6.00. The van der Waals surface area contributed by atoms with E-state index in [0.29, 0.717) is 30.3 Å². The summed E-state index contributed by atoms with van der Waals surface area (Å²) in [5.41, 5.74) is 0.355. The molecule has 0 bridgehead atoms. The number of amides is 5. The smallest absolute Gasteiger partial charge is 0.409 e. The Kier molecular flexibility index (Phi) is 11.1. The average Bonchev–Trinajstić information content (AvgIpc) is 3.47. The zero-order valence-electron chi connectivity index (χ0n) is 24.9. The van der Waals surface area contributed by atoms with Crippen LogP contribution in [0.15, 0.2) is 30.3 Å². The molecule has 2 fully saturated rings. The molecule has 1 N–H and O–H groups in total. The first-order chi connectivity index (χ1) is 21.2. The number of rotatable bonds is 11. The van der Waals surface area contributed by atoms with Gasteiger partial charge in [0.1, 0.15) is 17.5 Å². The minimum atomic E-state index is -1.08. The summed E-state index contributed by atoms with van der Waals surface area (Å²) < 4.78 is 15.8. The van der Waals surface area contributed by atoms with Gasteiger partial charge in [-0.25, -0.2) is 9.78 Å². The average molecular weight is 612 g/mol. The quantitative estimate of drug-likeness (QED) is 0.368. The van der Waals surface area contributed by atoms with Crippen molar-refractivity contribution in [3.05, 3.63) is 36.0 Å². The molecule has 1 aromatic heterocycles. The van der Waals surface area contributed by atoms with Crippen LogP contribution in [0, 0.1) is 0 Å². The summed E-state index contributed by atoms with van der Waals surface area (Å²) in [5.74, 6) is -2.12. The van der Waals surface area contributed by atoms with E-state index in [9.17, 15) is 28.8 Å². The fourth-order valence-corrected chi connectivity index (χ4v) is 5.04. The number of pyridine rings is 1. The first-order valence-electron chi connectivity index (χ1n) is 14.7. The molecular formula is C30H37N5O9. The molecule has 2 aliphatic heterocycles. The van der Waals surface area contributed by atoms with E-state index in [2.05, 4.69) is 10.3 Å². The van der Waals surface area contributed by atoms with Crippen molar-refractivity contribution in [2.24, 2.45) is 0 Å². The molecule has 2 aliphatic rings. The van der Waals surface area contributed by atoms with Crippen LogP contribution < -0.4 is 10.1 Å². The maximum atomic E-state index is 13.6. The van der Waals surface area contributed by atoms with E-state index in [1.165, 1.54) is 15.9 Å². The number of nitrogens with one attached hydrogen (secondary N) is 1. The minimum absolute atomic E-state index is 0.0171. The molecule has 1 unspecified atom stereocenters. The zero-order valence-corrected chi connectivity index (χ0v) is 24.9. The largest absolute Gasteiger partial charge is 0.483 e. The predicted octanol–water partition coefficient (Wildman–Crippen LogP) is 1.51. The number of hydrogen-bond acceptors (Lipinski definition) is 10. The van der Waals surface area contributed by atoms with Crippen molar-refractivity contribution in [3.63, 3.8) is 0 Å². The maximum absolute atomic E-state index is 13.6. The van der Waals surface area contributed by atoms with Crippen molar-refractivity contribution in [2.45, 2.75) is 45.6 Å². The van der Waals surface area contributed by atoms with Crippen LogP contribution in [0.3, 0.4) is 0 Å². The lowest BCUT2D eigenvalue weighted by Crippen LogP contribution is -2.56. The highest BCUT2D eigenvalue weighted by Crippen LogP contribution is 2.26. The molecule has 2 aromatic rings. The highest BCUT2D eigenvalue weighted by Gasteiger charge is 2.32. The molecule has 5 amide bonds. The van der Waals surface area contributed by atoms with E-state index in [1.807, 2.05) is 0 Å². The van der Waals surface area contributed by atoms with Gasteiger partial charge in [-0.3, -0.25) is 28.9 Å². The molecule has 3 heterocycles. The van der Waals surface area contributed by atoms with Crippen LogP contribution in [-0.4, -0.2) is 114 Å². The Morgan fingerprint density at radius 2 is 1.66 bits per heavy atom. The van der Waals surface area contributed by atoms with Crippen molar-refractivity contribution < 1.29 is 43.0 Å². The molecule has 14 nitrogen and oxygen atoms in total. The number of para-hydroxylation sites is 1. The number of ether oxygens (including phenoxy) is 3. The number of fused-ring (bicyclic) bond motifs is 1. The fraction of sp³-hybridized carbons (Fsp3) is 0.500. The van der Waals surface area contributed by atoms with E-state index < -0.39 is 42.4 Å². The van der Waals surface area contributed by atoms with Gasteiger partial charge in [0.15, 0.2) is 6.61 Å². The SMILES string of the molecule is CCOC(=O)CCC(NC(=O)c1cc(OCC(=O)N2CCCC2=O)c2ccccc2n1)C(=O)N1CCN(C(=O)OCC)CC1. The van der Waals surface area contributed by atoms with E-state index in [4.69, 9.17) is 14.2 Å². The summed E-state index contributed by atoms with van der Waals surface area (Å²) in [4.78, 5) is 84.4. The van der Waals surface area contributed by atoms with E-state index in [1.54, 1.807) is 38.1 Å². The second-order valence-electron chi connectivity index (χ2n) is 10.2. The number of hydrogen-bond donors (Lipinski definition) is 1. The number of esters is 1. The Hall–Kier alpha value is -4.75. The van der Waals surface area contributed by atoms with Gasteiger partial charge in [0.05, 0.1) is 18.7 Å². The lowest BCUT2D eigenvalue weighted by atomic mass is 10.1. The molecule has 1 aromatic carbocycles. The Balaban J connectivity index is 1.50. The van der Waals surface area contributed by atoms with Gasteiger partial charge >= 0.3 is 12.1 Å². The summed E-state index contributed by atoms with van der Waals surface area (Å²) in [5, 5.41) is 3.26. The van der Waals surface area contributed by atoms with Crippen LogP contribution in [0.25, 0.3) is 10.9 Å². The van der Waals surface area contributed by atoms with E-state index >= 15 is 0 Å². The normalized spacial score (nSPS) is 15.6. The molecule has 0 spiro atoms. The third-order valence-corrected chi connectivity index (χ3v) is 7.30. The molecule has 0 saturated carbocycles. The zero-order chi connectivity index (χ0) is 31.6. The van der Waals surface area contributed by atoms with Crippen molar-refractivity contribution in [1.29, 1.82) is 0 Å². The number of imide groups is 1. The fourth-order valence-electron chi connectivity index (χ4n) is 5.04. The molecule has 1 atom stereocenters. The minimum Gasteiger partial charge on any atom is -0.483 e. The predicted molar refractivity (Wildman–Crippen MR) is 155 cm³/mol. The van der Waals surface area contributed by atoms with Crippen molar-refractivity contribution in [2.75, 3.05) is 52.5 Å². The summed E-state index contributed by atoms with van der Waals surface area (Å²) in [6.45, 7) is 4.71. The highest BCUT2D eigenvalue weighted by atomic mass is 16.6. The van der Waals surface area contributed by atoms with Crippen LogP contribution in [0.2, 0.25) is 0 Å². The molecule has 2 saturated heterocycles.